The second-order valence-corrected chi connectivity index (χ2v) is 6.89. The molecule has 0 radical (unpaired) electrons. The SMILES string of the molecule is CCNC(=NCc1nc(C(F)(F)F)cs1)NCCNC(=O)c1ccc(Cl)cc1.I. The maximum atomic E-state index is 12.6. The van der Waals surface area contributed by atoms with Crippen molar-refractivity contribution >= 4 is 58.8 Å². The zero-order valence-corrected chi connectivity index (χ0v) is 19.2. The Kier molecular flexibility index (Phi) is 10.7. The molecule has 0 unspecified atom stereocenters. The number of carbonyl (C=O) groups excluding carboxylic acids is 1. The lowest BCUT2D eigenvalue weighted by molar-refractivity contribution is -0.140. The van der Waals surface area contributed by atoms with Gasteiger partial charge in [0.25, 0.3) is 5.91 Å². The lowest BCUT2D eigenvalue weighted by atomic mass is 10.2. The fraction of sp³-hybridized carbons (Fsp3) is 0.353. The first kappa shape index (κ1) is 25.4. The van der Waals surface area contributed by atoms with Gasteiger partial charge in [0, 0.05) is 35.6 Å². The van der Waals surface area contributed by atoms with E-state index in [1.54, 1.807) is 24.3 Å². The highest BCUT2D eigenvalue weighted by atomic mass is 127. The van der Waals surface area contributed by atoms with Gasteiger partial charge in [-0.25, -0.2) is 9.98 Å². The number of nitrogens with zero attached hydrogens (tertiary/aromatic N) is 2. The number of hydrogen-bond acceptors (Lipinski definition) is 4. The molecule has 3 N–H and O–H groups in total. The van der Waals surface area contributed by atoms with Crippen molar-refractivity contribution in [1.29, 1.82) is 0 Å². The summed E-state index contributed by atoms with van der Waals surface area (Å²) < 4.78 is 37.7. The molecule has 0 saturated heterocycles. The van der Waals surface area contributed by atoms with Crippen molar-refractivity contribution in [2.75, 3.05) is 19.6 Å². The Bertz CT molecular complexity index is 814. The average Bonchev–Trinajstić information content (AvgIpc) is 3.13. The number of aliphatic imine (C=N–C) groups is 1. The van der Waals surface area contributed by atoms with Crippen LogP contribution in [0.4, 0.5) is 13.2 Å². The van der Waals surface area contributed by atoms with Crippen LogP contribution in [0.3, 0.4) is 0 Å². The summed E-state index contributed by atoms with van der Waals surface area (Å²) in [5, 5.41) is 10.5. The number of benzene rings is 1. The van der Waals surface area contributed by atoms with Gasteiger partial charge in [0.2, 0.25) is 0 Å². The number of guanidine groups is 1. The van der Waals surface area contributed by atoms with Gasteiger partial charge in [-0.05, 0) is 31.2 Å². The van der Waals surface area contributed by atoms with E-state index in [1.807, 2.05) is 6.92 Å². The molecule has 29 heavy (non-hydrogen) atoms. The Balaban J connectivity index is 0.00000420. The molecule has 0 saturated carbocycles. The van der Waals surface area contributed by atoms with Crippen LogP contribution in [0.1, 0.15) is 28.0 Å². The Morgan fingerprint density at radius 3 is 2.41 bits per heavy atom. The molecule has 0 aliphatic carbocycles. The highest BCUT2D eigenvalue weighted by Crippen LogP contribution is 2.30. The largest absolute Gasteiger partial charge is 0.434 e. The zero-order valence-electron chi connectivity index (χ0n) is 15.3. The Labute approximate surface area is 192 Å². The van der Waals surface area contributed by atoms with Gasteiger partial charge in [0.05, 0.1) is 6.54 Å². The topological polar surface area (TPSA) is 78.4 Å². The van der Waals surface area contributed by atoms with Crippen LogP contribution in [0.15, 0.2) is 34.6 Å². The van der Waals surface area contributed by atoms with Crippen LogP contribution < -0.4 is 16.0 Å². The quantitative estimate of drug-likeness (QED) is 0.207. The number of hydrogen-bond donors (Lipinski definition) is 3. The van der Waals surface area contributed by atoms with Gasteiger partial charge in [-0.3, -0.25) is 4.79 Å². The van der Waals surface area contributed by atoms with E-state index in [9.17, 15) is 18.0 Å². The Morgan fingerprint density at radius 1 is 1.17 bits per heavy atom. The third-order valence-electron chi connectivity index (χ3n) is 3.37. The van der Waals surface area contributed by atoms with E-state index in [2.05, 4.69) is 25.9 Å². The van der Waals surface area contributed by atoms with Crippen LogP contribution in [0.5, 0.6) is 0 Å². The monoisotopic (exact) mass is 561 g/mol. The number of nitrogens with one attached hydrogen (secondary N) is 3. The number of rotatable bonds is 7. The molecular weight excluding hydrogens is 542 g/mol. The smallest absolute Gasteiger partial charge is 0.357 e. The van der Waals surface area contributed by atoms with E-state index >= 15 is 0 Å². The van der Waals surface area contributed by atoms with Crippen molar-refractivity contribution in [3.05, 3.63) is 50.9 Å². The van der Waals surface area contributed by atoms with Crippen LogP contribution in [0.25, 0.3) is 0 Å². The average molecular weight is 562 g/mol. The molecular formula is C17H20ClF3IN5OS. The maximum absolute atomic E-state index is 12.6. The third-order valence-corrected chi connectivity index (χ3v) is 4.45. The van der Waals surface area contributed by atoms with Gasteiger partial charge < -0.3 is 16.0 Å². The Morgan fingerprint density at radius 2 is 1.83 bits per heavy atom. The third kappa shape index (κ3) is 8.74. The molecule has 0 aliphatic rings. The van der Waals surface area contributed by atoms with Crippen LogP contribution in [-0.4, -0.2) is 36.5 Å². The standard InChI is InChI=1S/C17H19ClF3N5OS.HI/c1-2-22-16(25-9-14-26-13(10-28-14)17(19,20)21)24-8-7-23-15(27)11-3-5-12(18)6-4-11;/h3-6,10H,2,7-9H2,1H3,(H,23,27)(H2,22,24,25);1H. The molecule has 0 aliphatic heterocycles. The van der Waals surface area contributed by atoms with Crippen LogP contribution >= 0.6 is 46.9 Å². The van der Waals surface area contributed by atoms with E-state index < -0.39 is 11.9 Å². The number of thiazole rings is 1. The summed E-state index contributed by atoms with van der Waals surface area (Å²) in [5.41, 5.74) is -0.417. The lowest BCUT2D eigenvalue weighted by Crippen LogP contribution is -2.41. The van der Waals surface area contributed by atoms with Crippen molar-refractivity contribution in [3.8, 4) is 0 Å². The van der Waals surface area contributed by atoms with Gasteiger partial charge >= 0.3 is 6.18 Å². The second kappa shape index (κ2) is 12.2. The molecule has 1 heterocycles. The fourth-order valence-electron chi connectivity index (χ4n) is 2.06. The van der Waals surface area contributed by atoms with E-state index in [4.69, 9.17) is 11.6 Å². The first-order chi connectivity index (χ1) is 13.3. The highest BCUT2D eigenvalue weighted by molar-refractivity contribution is 14.0. The molecule has 1 aromatic carbocycles. The first-order valence-corrected chi connectivity index (χ1v) is 9.63. The number of carbonyl (C=O) groups is 1. The van der Waals surface area contributed by atoms with Crippen LogP contribution in [-0.2, 0) is 12.7 Å². The first-order valence-electron chi connectivity index (χ1n) is 8.37. The summed E-state index contributed by atoms with van der Waals surface area (Å²) in [6, 6.07) is 6.51. The molecule has 1 amide bonds. The number of aromatic nitrogens is 1. The lowest BCUT2D eigenvalue weighted by Gasteiger charge is -2.11. The van der Waals surface area contributed by atoms with Crippen molar-refractivity contribution in [2.45, 2.75) is 19.6 Å². The van der Waals surface area contributed by atoms with Crippen molar-refractivity contribution in [2.24, 2.45) is 4.99 Å². The predicted octanol–water partition coefficient (Wildman–Crippen LogP) is 3.92. The minimum atomic E-state index is -4.45. The number of halogens is 5. The summed E-state index contributed by atoms with van der Waals surface area (Å²) >= 11 is 6.69. The molecule has 0 atom stereocenters. The minimum Gasteiger partial charge on any atom is -0.357 e. The fourth-order valence-corrected chi connectivity index (χ4v) is 2.91. The van der Waals surface area contributed by atoms with Gasteiger partial charge in [0.15, 0.2) is 11.7 Å². The number of amides is 1. The highest BCUT2D eigenvalue weighted by Gasteiger charge is 2.33. The number of alkyl halides is 3. The molecule has 2 rings (SSSR count). The molecule has 160 valence electrons. The molecule has 1 aromatic heterocycles. The Hall–Kier alpha value is -1.60. The molecule has 0 fully saturated rings. The normalized spacial score (nSPS) is 11.6. The van der Waals surface area contributed by atoms with E-state index in [0.29, 0.717) is 36.2 Å². The van der Waals surface area contributed by atoms with E-state index in [1.165, 1.54) is 0 Å². The minimum absolute atomic E-state index is 0. The second-order valence-electron chi connectivity index (χ2n) is 5.51. The van der Waals surface area contributed by atoms with Gasteiger partial charge in [0.1, 0.15) is 5.01 Å². The van der Waals surface area contributed by atoms with E-state index in [-0.39, 0.29) is 41.4 Å². The summed E-state index contributed by atoms with van der Waals surface area (Å²) in [5.74, 6) is 0.190. The summed E-state index contributed by atoms with van der Waals surface area (Å²) in [7, 11) is 0. The summed E-state index contributed by atoms with van der Waals surface area (Å²) in [6.07, 6.45) is -4.45. The zero-order chi connectivity index (χ0) is 20.6. The van der Waals surface area contributed by atoms with Gasteiger partial charge in [-0.2, -0.15) is 13.2 Å². The summed E-state index contributed by atoms with van der Waals surface area (Å²) in [6.45, 7) is 3.19. The molecule has 0 spiro atoms. The molecule has 2 aromatic rings. The van der Waals surface area contributed by atoms with Gasteiger partial charge in [-0.15, -0.1) is 35.3 Å². The van der Waals surface area contributed by atoms with Crippen LogP contribution in [0, 0.1) is 0 Å². The summed E-state index contributed by atoms with van der Waals surface area (Å²) in [4.78, 5) is 19.7. The maximum Gasteiger partial charge on any atom is 0.434 e. The van der Waals surface area contributed by atoms with E-state index in [0.717, 1.165) is 16.7 Å². The van der Waals surface area contributed by atoms with Crippen molar-refractivity contribution in [3.63, 3.8) is 0 Å². The molecule has 12 heteroatoms. The van der Waals surface area contributed by atoms with Crippen LogP contribution in [0.2, 0.25) is 5.02 Å². The van der Waals surface area contributed by atoms with Gasteiger partial charge in [-0.1, -0.05) is 11.6 Å². The predicted molar refractivity (Wildman–Crippen MR) is 119 cm³/mol. The van der Waals surface area contributed by atoms with Crippen molar-refractivity contribution < 1.29 is 18.0 Å². The van der Waals surface area contributed by atoms with Crippen molar-refractivity contribution in [1.82, 2.24) is 20.9 Å². The molecule has 0 bridgehead atoms. The molecule has 6 nitrogen and oxygen atoms in total.